The molecule has 0 spiro atoms. The van der Waals surface area contributed by atoms with Crippen LogP contribution in [0.5, 0.6) is 0 Å². The van der Waals surface area contributed by atoms with Crippen LogP contribution in [0.25, 0.3) is 22.4 Å². The second-order valence-electron chi connectivity index (χ2n) is 4.94. The lowest BCUT2D eigenvalue weighted by Gasteiger charge is -2.17. The molecule has 2 heterocycles. The van der Waals surface area contributed by atoms with Crippen LogP contribution in [0.3, 0.4) is 0 Å². The predicted molar refractivity (Wildman–Crippen MR) is 71.6 cm³/mol. The largest absolute Gasteiger partial charge is 0.464 e. The van der Waals surface area contributed by atoms with Crippen LogP contribution in [0.15, 0.2) is 39.5 Å². The number of rotatable bonds is 3. The highest BCUT2D eigenvalue weighted by molar-refractivity contribution is 5.91. The topological polar surface area (TPSA) is 64.1 Å². The summed E-state index contributed by atoms with van der Waals surface area (Å²) in [6.07, 6.45) is 1.66. The number of furan rings is 1. The van der Waals surface area contributed by atoms with Gasteiger partial charge in [0.1, 0.15) is 11.8 Å². The van der Waals surface area contributed by atoms with Crippen LogP contribution in [-0.2, 0) is 5.54 Å². The molecule has 0 saturated carbocycles. The second kappa shape index (κ2) is 4.20. The Hall–Kier alpha value is -2.14. The Morgan fingerprint density at radius 2 is 2.00 bits per heavy atom. The minimum atomic E-state index is -0.356. The SMILES string of the molecule is CNC(C)(C)c1nc(-c2coc3ccccc23)no1. The first-order valence-electron chi connectivity index (χ1n) is 6.11. The van der Waals surface area contributed by atoms with Crippen molar-refractivity contribution in [3.63, 3.8) is 0 Å². The van der Waals surface area contributed by atoms with Gasteiger partial charge in [-0.3, -0.25) is 0 Å². The number of hydrogen-bond donors (Lipinski definition) is 1. The first kappa shape index (κ1) is 11.9. The Balaban J connectivity index is 2.08. The minimum absolute atomic E-state index is 0.356. The standard InChI is InChI=1S/C14H15N3O2/c1-14(2,15-3)13-16-12(17-19-13)10-8-18-11-7-5-4-6-9(10)11/h4-8,15H,1-3H3. The van der Waals surface area contributed by atoms with Crippen molar-refractivity contribution in [2.24, 2.45) is 0 Å². The van der Waals surface area contributed by atoms with Gasteiger partial charge in [0.2, 0.25) is 11.7 Å². The number of hydrogen-bond acceptors (Lipinski definition) is 5. The summed E-state index contributed by atoms with van der Waals surface area (Å²) in [6.45, 7) is 3.97. The Labute approximate surface area is 110 Å². The van der Waals surface area contributed by atoms with Crippen molar-refractivity contribution in [1.29, 1.82) is 0 Å². The van der Waals surface area contributed by atoms with Crippen molar-refractivity contribution in [2.45, 2.75) is 19.4 Å². The third-order valence-corrected chi connectivity index (χ3v) is 3.31. The average Bonchev–Trinajstić information content (AvgIpc) is 3.05. The van der Waals surface area contributed by atoms with Crippen molar-refractivity contribution in [2.75, 3.05) is 7.05 Å². The molecule has 0 aliphatic heterocycles. The lowest BCUT2D eigenvalue weighted by Crippen LogP contribution is -2.33. The molecule has 3 rings (SSSR count). The third-order valence-electron chi connectivity index (χ3n) is 3.31. The molecule has 19 heavy (non-hydrogen) atoms. The first-order chi connectivity index (χ1) is 9.12. The summed E-state index contributed by atoms with van der Waals surface area (Å²) in [4.78, 5) is 4.45. The molecule has 1 N–H and O–H groups in total. The van der Waals surface area contributed by atoms with E-state index in [4.69, 9.17) is 8.94 Å². The van der Waals surface area contributed by atoms with E-state index in [0.29, 0.717) is 11.7 Å². The number of benzene rings is 1. The maximum atomic E-state index is 5.49. The van der Waals surface area contributed by atoms with E-state index < -0.39 is 0 Å². The number of aromatic nitrogens is 2. The molecular formula is C14H15N3O2. The molecular weight excluding hydrogens is 242 g/mol. The minimum Gasteiger partial charge on any atom is -0.464 e. The fourth-order valence-corrected chi connectivity index (χ4v) is 1.84. The molecule has 1 aromatic carbocycles. The molecule has 0 aliphatic rings. The number of para-hydroxylation sites is 1. The van der Waals surface area contributed by atoms with Gasteiger partial charge in [0.15, 0.2) is 0 Å². The number of nitrogens with one attached hydrogen (secondary N) is 1. The molecule has 5 nitrogen and oxygen atoms in total. The number of fused-ring (bicyclic) bond motifs is 1. The predicted octanol–water partition coefficient (Wildman–Crippen LogP) is 2.94. The van der Waals surface area contributed by atoms with E-state index in [0.717, 1.165) is 16.5 Å². The van der Waals surface area contributed by atoms with Crippen molar-refractivity contribution in [1.82, 2.24) is 15.5 Å². The van der Waals surface area contributed by atoms with E-state index in [1.54, 1.807) is 6.26 Å². The molecule has 0 bridgehead atoms. The van der Waals surface area contributed by atoms with Crippen LogP contribution in [0.4, 0.5) is 0 Å². The van der Waals surface area contributed by atoms with Gasteiger partial charge in [-0.2, -0.15) is 4.98 Å². The molecule has 0 amide bonds. The number of nitrogens with zero attached hydrogens (tertiary/aromatic N) is 2. The molecule has 3 aromatic rings. The lowest BCUT2D eigenvalue weighted by molar-refractivity contribution is 0.281. The Morgan fingerprint density at radius 3 is 2.79 bits per heavy atom. The Bertz CT molecular complexity index is 712. The first-order valence-corrected chi connectivity index (χ1v) is 6.11. The van der Waals surface area contributed by atoms with Gasteiger partial charge in [0, 0.05) is 5.39 Å². The quantitative estimate of drug-likeness (QED) is 0.781. The van der Waals surface area contributed by atoms with Crippen LogP contribution in [0, 0.1) is 0 Å². The monoisotopic (exact) mass is 257 g/mol. The van der Waals surface area contributed by atoms with Crippen LogP contribution in [0.1, 0.15) is 19.7 Å². The van der Waals surface area contributed by atoms with E-state index in [1.807, 2.05) is 45.2 Å². The van der Waals surface area contributed by atoms with Gasteiger partial charge in [-0.05, 0) is 27.0 Å². The van der Waals surface area contributed by atoms with E-state index in [-0.39, 0.29) is 5.54 Å². The van der Waals surface area contributed by atoms with Gasteiger partial charge in [0.25, 0.3) is 0 Å². The highest BCUT2D eigenvalue weighted by atomic mass is 16.5. The zero-order valence-corrected chi connectivity index (χ0v) is 11.1. The molecule has 0 saturated heterocycles. The molecule has 0 fully saturated rings. The summed E-state index contributed by atoms with van der Waals surface area (Å²) in [5.41, 5.74) is 1.30. The Kier molecular flexibility index (Phi) is 2.64. The van der Waals surface area contributed by atoms with E-state index in [2.05, 4.69) is 15.5 Å². The summed E-state index contributed by atoms with van der Waals surface area (Å²) in [7, 11) is 1.86. The van der Waals surface area contributed by atoms with Gasteiger partial charge in [-0.1, -0.05) is 23.4 Å². The van der Waals surface area contributed by atoms with Gasteiger partial charge >= 0.3 is 0 Å². The lowest BCUT2D eigenvalue weighted by atomic mass is 10.1. The Morgan fingerprint density at radius 1 is 1.21 bits per heavy atom. The summed E-state index contributed by atoms with van der Waals surface area (Å²) >= 11 is 0. The normalized spacial score (nSPS) is 12.2. The fraction of sp³-hybridized carbons (Fsp3) is 0.286. The van der Waals surface area contributed by atoms with E-state index in [9.17, 15) is 0 Å². The summed E-state index contributed by atoms with van der Waals surface area (Å²) < 4.78 is 10.8. The zero-order valence-electron chi connectivity index (χ0n) is 11.1. The molecule has 2 aromatic heterocycles. The van der Waals surface area contributed by atoms with Gasteiger partial charge in [-0.25, -0.2) is 0 Å². The van der Waals surface area contributed by atoms with Crippen LogP contribution in [-0.4, -0.2) is 17.2 Å². The van der Waals surface area contributed by atoms with Crippen molar-refractivity contribution < 1.29 is 8.94 Å². The fourth-order valence-electron chi connectivity index (χ4n) is 1.84. The summed E-state index contributed by atoms with van der Waals surface area (Å²) in [5.74, 6) is 1.10. The highest BCUT2D eigenvalue weighted by Gasteiger charge is 2.26. The molecule has 0 atom stereocenters. The molecule has 0 unspecified atom stereocenters. The van der Waals surface area contributed by atoms with E-state index >= 15 is 0 Å². The molecule has 5 heteroatoms. The van der Waals surface area contributed by atoms with Gasteiger partial charge in [0.05, 0.1) is 11.1 Å². The maximum absolute atomic E-state index is 5.49. The summed E-state index contributed by atoms with van der Waals surface area (Å²) in [5, 5.41) is 8.15. The zero-order chi connectivity index (χ0) is 13.5. The second-order valence-corrected chi connectivity index (χ2v) is 4.94. The molecule has 98 valence electrons. The average molecular weight is 257 g/mol. The van der Waals surface area contributed by atoms with Gasteiger partial charge < -0.3 is 14.3 Å². The maximum Gasteiger partial charge on any atom is 0.246 e. The van der Waals surface area contributed by atoms with Crippen LogP contribution in [0.2, 0.25) is 0 Å². The van der Waals surface area contributed by atoms with Crippen LogP contribution >= 0.6 is 0 Å². The third kappa shape index (κ3) is 1.92. The molecule has 0 aliphatic carbocycles. The summed E-state index contributed by atoms with van der Waals surface area (Å²) in [6, 6.07) is 7.78. The molecule has 0 radical (unpaired) electrons. The van der Waals surface area contributed by atoms with Crippen molar-refractivity contribution in [3.8, 4) is 11.4 Å². The van der Waals surface area contributed by atoms with Crippen molar-refractivity contribution >= 4 is 11.0 Å². The van der Waals surface area contributed by atoms with Gasteiger partial charge in [-0.15, -0.1) is 0 Å². The van der Waals surface area contributed by atoms with Crippen molar-refractivity contribution in [3.05, 3.63) is 36.4 Å². The van der Waals surface area contributed by atoms with Crippen LogP contribution < -0.4 is 5.32 Å². The highest BCUT2D eigenvalue weighted by Crippen LogP contribution is 2.29. The smallest absolute Gasteiger partial charge is 0.246 e. The van der Waals surface area contributed by atoms with E-state index in [1.165, 1.54) is 0 Å².